The maximum Gasteiger partial charge on any atom is 0.319 e. The zero-order chi connectivity index (χ0) is 19.4. The molecule has 0 aliphatic heterocycles. The number of nitrogens with zero attached hydrogens (tertiary/aromatic N) is 3. The highest BCUT2D eigenvalue weighted by Gasteiger charge is 2.24. The van der Waals surface area contributed by atoms with Crippen LogP contribution in [0, 0.1) is 5.82 Å². The van der Waals surface area contributed by atoms with Crippen LogP contribution in [-0.2, 0) is 9.53 Å². The maximum atomic E-state index is 14.5. The fourth-order valence-electron chi connectivity index (χ4n) is 2.48. The first-order valence-corrected chi connectivity index (χ1v) is 9.57. The Morgan fingerprint density at radius 3 is 2.63 bits per heavy atom. The number of esters is 1. The topological polar surface area (TPSA) is 57.0 Å². The predicted molar refractivity (Wildman–Crippen MR) is 104 cm³/mol. The summed E-state index contributed by atoms with van der Waals surface area (Å²) in [5.74, 6) is -0.412. The van der Waals surface area contributed by atoms with E-state index in [0.717, 1.165) is 11.8 Å². The van der Waals surface area contributed by atoms with Crippen LogP contribution in [0.1, 0.15) is 13.8 Å². The molecule has 8 heteroatoms. The molecule has 0 amide bonds. The summed E-state index contributed by atoms with van der Waals surface area (Å²) in [6.45, 7) is 3.74. The summed E-state index contributed by atoms with van der Waals surface area (Å²) < 4.78 is 21.1. The Morgan fingerprint density at radius 1 is 1.22 bits per heavy atom. The van der Waals surface area contributed by atoms with Crippen molar-refractivity contribution in [1.29, 1.82) is 0 Å². The zero-order valence-electron chi connectivity index (χ0n) is 14.7. The van der Waals surface area contributed by atoms with Crippen molar-refractivity contribution in [3.05, 3.63) is 59.4 Å². The van der Waals surface area contributed by atoms with Gasteiger partial charge in [-0.2, -0.15) is 0 Å². The van der Waals surface area contributed by atoms with Gasteiger partial charge in [0.2, 0.25) is 0 Å². The quantitative estimate of drug-likeness (QED) is 0.436. The van der Waals surface area contributed by atoms with Gasteiger partial charge in [0.1, 0.15) is 11.1 Å². The molecule has 0 spiro atoms. The first-order valence-electron chi connectivity index (χ1n) is 8.31. The lowest BCUT2D eigenvalue weighted by atomic mass is 10.2. The minimum absolute atomic E-state index is 0.274. The van der Waals surface area contributed by atoms with Crippen LogP contribution >= 0.6 is 23.4 Å². The molecule has 0 radical (unpaired) electrons. The van der Waals surface area contributed by atoms with Gasteiger partial charge in [-0.05, 0) is 38.1 Å². The van der Waals surface area contributed by atoms with Gasteiger partial charge >= 0.3 is 5.97 Å². The highest BCUT2D eigenvalue weighted by molar-refractivity contribution is 8.00. The molecule has 0 saturated carbocycles. The molecule has 1 atom stereocenters. The molecule has 0 bridgehead atoms. The highest BCUT2D eigenvalue weighted by atomic mass is 35.5. The second kappa shape index (κ2) is 8.54. The smallest absolute Gasteiger partial charge is 0.319 e. The normalized spacial score (nSPS) is 12.0. The summed E-state index contributed by atoms with van der Waals surface area (Å²) in [4.78, 5) is 12.0. The second-order valence-electron chi connectivity index (χ2n) is 5.58. The van der Waals surface area contributed by atoms with Crippen LogP contribution < -0.4 is 0 Å². The molecule has 0 fully saturated rings. The SMILES string of the molecule is CCOC(=O)[C@@H](C)Sc1nnc(-c2ccccc2Cl)n1-c1ccccc1F. The molecule has 2 aromatic carbocycles. The van der Waals surface area contributed by atoms with E-state index in [1.54, 1.807) is 54.8 Å². The third kappa shape index (κ3) is 4.14. The third-order valence-electron chi connectivity index (χ3n) is 3.74. The number of halogens is 2. The molecule has 27 heavy (non-hydrogen) atoms. The number of para-hydroxylation sites is 1. The number of thioether (sulfide) groups is 1. The van der Waals surface area contributed by atoms with E-state index < -0.39 is 11.1 Å². The lowest BCUT2D eigenvalue weighted by Crippen LogP contribution is -2.17. The van der Waals surface area contributed by atoms with E-state index >= 15 is 0 Å². The monoisotopic (exact) mass is 405 g/mol. The molecule has 0 unspecified atom stereocenters. The van der Waals surface area contributed by atoms with Crippen molar-refractivity contribution >= 4 is 29.3 Å². The van der Waals surface area contributed by atoms with Crippen LogP contribution in [-0.4, -0.2) is 32.6 Å². The molecule has 1 heterocycles. The summed E-state index contributed by atoms with van der Waals surface area (Å²) in [6.07, 6.45) is 0. The Hall–Kier alpha value is -2.38. The van der Waals surface area contributed by atoms with E-state index in [0.29, 0.717) is 21.6 Å². The largest absolute Gasteiger partial charge is 0.465 e. The van der Waals surface area contributed by atoms with Gasteiger partial charge < -0.3 is 4.74 Å². The van der Waals surface area contributed by atoms with E-state index in [2.05, 4.69) is 10.2 Å². The molecule has 0 aliphatic rings. The number of carbonyl (C=O) groups is 1. The average Bonchev–Trinajstić information content (AvgIpc) is 3.05. The molecular weight excluding hydrogens is 389 g/mol. The van der Waals surface area contributed by atoms with E-state index in [-0.39, 0.29) is 18.3 Å². The molecule has 140 valence electrons. The molecule has 3 rings (SSSR count). The Bertz CT molecular complexity index is 964. The Balaban J connectivity index is 2.11. The van der Waals surface area contributed by atoms with Crippen LogP contribution in [0.3, 0.4) is 0 Å². The van der Waals surface area contributed by atoms with Gasteiger partial charge in [-0.15, -0.1) is 10.2 Å². The molecular formula is C19H17ClFN3O2S. The van der Waals surface area contributed by atoms with Gasteiger partial charge in [-0.3, -0.25) is 9.36 Å². The first-order chi connectivity index (χ1) is 13.0. The van der Waals surface area contributed by atoms with E-state index in [4.69, 9.17) is 16.3 Å². The minimum atomic E-state index is -0.529. The zero-order valence-corrected chi connectivity index (χ0v) is 16.3. The summed E-state index contributed by atoms with van der Waals surface area (Å²) >= 11 is 7.46. The lowest BCUT2D eigenvalue weighted by molar-refractivity contribution is -0.142. The van der Waals surface area contributed by atoms with Gasteiger partial charge in [-0.25, -0.2) is 4.39 Å². The number of ether oxygens (including phenoxy) is 1. The van der Waals surface area contributed by atoms with E-state index in [1.807, 2.05) is 6.07 Å². The number of hydrogen-bond acceptors (Lipinski definition) is 5. The Labute approximate surface area is 165 Å². The fourth-order valence-corrected chi connectivity index (χ4v) is 3.56. The lowest BCUT2D eigenvalue weighted by Gasteiger charge is -2.14. The standard InChI is InChI=1S/C19H17ClFN3O2S/c1-3-26-18(25)12(2)27-19-23-22-17(13-8-4-5-9-14(13)20)24(19)16-11-7-6-10-15(16)21/h4-12H,3H2,1-2H3/t12-/m1/s1. The first kappa shape index (κ1) is 19.4. The van der Waals surface area contributed by atoms with E-state index in [1.165, 1.54) is 6.07 Å². The minimum Gasteiger partial charge on any atom is -0.465 e. The van der Waals surface area contributed by atoms with Gasteiger partial charge in [0, 0.05) is 5.56 Å². The summed E-state index contributed by atoms with van der Waals surface area (Å²) in [7, 11) is 0. The maximum absolute atomic E-state index is 14.5. The summed E-state index contributed by atoms with van der Waals surface area (Å²) in [5, 5.41) is 8.70. The molecule has 3 aromatic rings. The van der Waals surface area contributed by atoms with Crippen molar-refractivity contribution in [1.82, 2.24) is 14.8 Å². The second-order valence-corrected chi connectivity index (χ2v) is 7.30. The number of rotatable bonds is 6. The van der Waals surface area contributed by atoms with Gasteiger partial charge in [0.05, 0.1) is 17.3 Å². The fraction of sp³-hybridized carbons (Fsp3) is 0.211. The van der Waals surface area contributed by atoms with Crippen molar-refractivity contribution < 1.29 is 13.9 Å². The average molecular weight is 406 g/mol. The van der Waals surface area contributed by atoms with Crippen molar-refractivity contribution in [3.8, 4) is 17.1 Å². The van der Waals surface area contributed by atoms with Crippen molar-refractivity contribution in [2.45, 2.75) is 24.3 Å². The number of carbonyl (C=O) groups excluding carboxylic acids is 1. The van der Waals surface area contributed by atoms with Crippen molar-refractivity contribution in [2.75, 3.05) is 6.61 Å². The van der Waals surface area contributed by atoms with Crippen LogP contribution in [0.25, 0.3) is 17.1 Å². The molecule has 0 aliphatic carbocycles. The number of benzene rings is 2. The van der Waals surface area contributed by atoms with Crippen LogP contribution in [0.4, 0.5) is 4.39 Å². The molecule has 0 saturated heterocycles. The van der Waals surface area contributed by atoms with Gasteiger partial charge in [-0.1, -0.05) is 47.6 Å². The highest BCUT2D eigenvalue weighted by Crippen LogP contribution is 2.34. The van der Waals surface area contributed by atoms with Gasteiger partial charge in [0.15, 0.2) is 11.0 Å². The van der Waals surface area contributed by atoms with Crippen LogP contribution in [0.15, 0.2) is 53.7 Å². The van der Waals surface area contributed by atoms with Crippen molar-refractivity contribution in [3.63, 3.8) is 0 Å². The van der Waals surface area contributed by atoms with E-state index in [9.17, 15) is 9.18 Å². The van der Waals surface area contributed by atoms with Gasteiger partial charge in [0.25, 0.3) is 0 Å². The van der Waals surface area contributed by atoms with Crippen LogP contribution in [0.2, 0.25) is 5.02 Å². The third-order valence-corrected chi connectivity index (χ3v) is 5.09. The molecule has 0 N–H and O–H groups in total. The van der Waals surface area contributed by atoms with Crippen LogP contribution in [0.5, 0.6) is 0 Å². The predicted octanol–water partition coefficient (Wildman–Crippen LogP) is 4.77. The number of aromatic nitrogens is 3. The van der Waals surface area contributed by atoms with Crippen molar-refractivity contribution in [2.24, 2.45) is 0 Å². The number of hydrogen-bond donors (Lipinski definition) is 0. The summed E-state index contributed by atoms with van der Waals surface area (Å²) in [6, 6.07) is 13.4. The molecule has 1 aromatic heterocycles. The Morgan fingerprint density at radius 2 is 1.93 bits per heavy atom. The molecule has 5 nitrogen and oxygen atoms in total. The summed E-state index contributed by atoms with van der Waals surface area (Å²) in [5.41, 5.74) is 0.890. The Kier molecular flexibility index (Phi) is 6.13.